The molecular formula is C26H32FN3O2. The van der Waals surface area contributed by atoms with Crippen LogP contribution in [0.15, 0.2) is 66.7 Å². The lowest BCUT2D eigenvalue weighted by molar-refractivity contribution is 0.0562. The monoisotopic (exact) mass is 437 g/mol. The topological polar surface area (TPSA) is 47.0 Å². The van der Waals surface area contributed by atoms with Gasteiger partial charge in [0.1, 0.15) is 12.2 Å². The van der Waals surface area contributed by atoms with E-state index in [2.05, 4.69) is 0 Å². The Balaban J connectivity index is 1.67. The number of nitrogens with zero attached hydrogens (tertiary/aromatic N) is 3. The van der Waals surface area contributed by atoms with Gasteiger partial charge in [0.05, 0.1) is 6.61 Å². The molecule has 1 saturated heterocycles. The molecule has 2 aromatic rings. The van der Waals surface area contributed by atoms with E-state index in [1.54, 1.807) is 16.8 Å². The Morgan fingerprint density at radius 3 is 2.44 bits per heavy atom. The van der Waals surface area contributed by atoms with Gasteiger partial charge >= 0.3 is 6.03 Å². The van der Waals surface area contributed by atoms with Crippen LogP contribution in [0.25, 0.3) is 5.57 Å². The molecule has 0 aromatic heterocycles. The molecule has 3 atom stereocenters. The lowest BCUT2D eigenvalue weighted by Crippen LogP contribution is -2.56. The third-order valence-electron chi connectivity index (χ3n) is 7.12. The fourth-order valence-corrected chi connectivity index (χ4v) is 5.00. The zero-order valence-electron chi connectivity index (χ0n) is 18.8. The first kappa shape index (κ1) is 22.5. The summed E-state index contributed by atoms with van der Waals surface area (Å²) < 4.78 is 13.5. The number of hydrogen-bond donors (Lipinski definition) is 1. The summed E-state index contributed by atoms with van der Waals surface area (Å²) in [5, 5.41) is 10.6. The molecule has 170 valence electrons. The Morgan fingerprint density at radius 2 is 1.81 bits per heavy atom. The van der Waals surface area contributed by atoms with Gasteiger partial charge in [-0.3, -0.25) is 0 Å². The molecule has 32 heavy (non-hydrogen) atoms. The second-order valence-electron chi connectivity index (χ2n) is 8.93. The summed E-state index contributed by atoms with van der Waals surface area (Å²) in [6, 6.07) is 19.3. The largest absolute Gasteiger partial charge is 0.393 e. The highest BCUT2D eigenvalue weighted by Gasteiger charge is 2.46. The summed E-state index contributed by atoms with van der Waals surface area (Å²) in [7, 11) is 3.74. The molecule has 0 bridgehead atoms. The Morgan fingerprint density at radius 1 is 1.16 bits per heavy atom. The van der Waals surface area contributed by atoms with E-state index in [0.29, 0.717) is 13.0 Å². The number of hydrogen-bond acceptors (Lipinski definition) is 3. The number of likely N-dealkylation sites (tertiary alicyclic amines) is 1. The van der Waals surface area contributed by atoms with Crippen molar-refractivity contribution in [3.05, 3.63) is 77.9 Å². The van der Waals surface area contributed by atoms with E-state index in [4.69, 9.17) is 0 Å². The number of carbonyl (C=O) groups is 1. The van der Waals surface area contributed by atoms with E-state index >= 15 is 0 Å². The maximum Gasteiger partial charge on any atom is 0.321 e. The summed E-state index contributed by atoms with van der Waals surface area (Å²) >= 11 is 0. The molecule has 2 aliphatic heterocycles. The smallest absolute Gasteiger partial charge is 0.321 e. The molecule has 0 radical (unpaired) electrons. The van der Waals surface area contributed by atoms with Gasteiger partial charge in [0.15, 0.2) is 0 Å². The van der Waals surface area contributed by atoms with Crippen LogP contribution >= 0.6 is 0 Å². The van der Waals surface area contributed by atoms with Crippen LogP contribution in [0, 0.1) is 0 Å². The number of rotatable bonds is 5. The first-order valence-corrected chi connectivity index (χ1v) is 11.2. The van der Waals surface area contributed by atoms with Gasteiger partial charge in [-0.1, -0.05) is 60.7 Å². The number of aliphatic hydroxyl groups excluding tert-OH is 1. The number of urea groups is 1. The van der Waals surface area contributed by atoms with Gasteiger partial charge < -0.3 is 19.8 Å². The van der Waals surface area contributed by atoms with Gasteiger partial charge in [-0.2, -0.15) is 0 Å². The number of piperidine rings is 1. The Kier molecular flexibility index (Phi) is 6.63. The predicted molar refractivity (Wildman–Crippen MR) is 125 cm³/mol. The second kappa shape index (κ2) is 9.43. The molecule has 1 N–H and O–H groups in total. The van der Waals surface area contributed by atoms with Crippen molar-refractivity contribution in [3.8, 4) is 0 Å². The van der Waals surface area contributed by atoms with E-state index in [1.807, 2.05) is 78.7 Å². The fourth-order valence-electron chi connectivity index (χ4n) is 5.00. The Bertz CT molecular complexity index is 952. The SMILES string of the molecule is CN1CC[C@@H](N(C)C(=O)N2CC(c3ccccc3)=C[C@@]2(CO)c2ccccc2)C[C@@H]1CF. The molecule has 0 unspecified atom stereocenters. The van der Waals surface area contributed by atoms with Crippen molar-refractivity contribution in [3.63, 3.8) is 0 Å². The zero-order chi connectivity index (χ0) is 22.7. The van der Waals surface area contributed by atoms with Gasteiger partial charge in [-0.05, 0) is 42.7 Å². The van der Waals surface area contributed by atoms with Crippen molar-refractivity contribution in [1.29, 1.82) is 0 Å². The average Bonchev–Trinajstić information content (AvgIpc) is 3.25. The maximum atomic E-state index is 13.8. The van der Waals surface area contributed by atoms with Crippen LogP contribution < -0.4 is 0 Å². The highest BCUT2D eigenvalue weighted by molar-refractivity contribution is 5.83. The number of aliphatic hydroxyl groups is 1. The Labute approximate surface area is 189 Å². The minimum Gasteiger partial charge on any atom is -0.393 e. The van der Waals surface area contributed by atoms with Gasteiger partial charge in [0.2, 0.25) is 0 Å². The molecule has 2 aliphatic rings. The van der Waals surface area contributed by atoms with Crippen molar-refractivity contribution < 1.29 is 14.3 Å². The lowest BCUT2D eigenvalue weighted by atomic mass is 9.89. The van der Waals surface area contributed by atoms with Crippen LogP contribution in [0.1, 0.15) is 24.0 Å². The van der Waals surface area contributed by atoms with Crippen LogP contribution in [0.3, 0.4) is 0 Å². The molecule has 2 aromatic carbocycles. The maximum absolute atomic E-state index is 13.8. The van der Waals surface area contributed by atoms with Crippen LogP contribution in [-0.4, -0.2) is 78.4 Å². The number of benzene rings is 2. The molecule has 0 aliphatic carbocycles. The first-order valence-electron chi connectivity index (χ1n) is 11.2. The zero-order valence-corrected chi connectivity index (χ0v) is 18.8. The minimum absolute atomic E-state index is 0.0348. The van der Waals surface area contributed by atoms with Crippen LogP contribution in [0.2, 0.25) is 0 Å². The first-order chi connectivity index (χ1) is 15.5. The van der Waals surface area contributed by atoms with Crippen molar-refractivity contribution in [2.24, 2.45) is 0 Å². The van der Waals surface area contributed by atoms with E-state index in [0.717, 1.165) is 29.7 Å². The van der Waals surface area contributed by atoms with Crippen LogP contribution in [0.4, 0.5) is 9.18 Å². The fraction of sp³-hybridized carbons (Fsp3) is 0.423. The molecule has 4 rings (SSSR count). The lowest BCUT2D eigenvalue weighted by Gasteiger charge is -2.44. The number of alkyl halides is 1. The molecule has 2 heterocycles. The van der Waals surface area contributed by atoms with Crippen LogP contribution in [0.5, 0.6) is 0 Å². The number of halogens is 1. The standard InChI is InChI=1S/C26H32FN3O2/c1-28-14-13-23(15-24(28)17-27)29(2)25(32)30-18-21(20-9-5-3-6-10-20)16-26(30,19-31)22-11-7-4-8-12-22/h3-12,16,23-24,31H,13-15,17-19H2,1-2H3/t23-,24-,26-/m1/s1. The predicted octanol–water partition coefficient (Wildman–Crippen LogP) is 3.76. The van der Waals surface area contributed by atoms with E-state index < -0.39 is 12.2 Å². The van der Waals surface area contributed by atoms with Crippen molar-refractivity contribution in [1.82, 2.24) is 14.7 Å². The quantitative estimate of drug-likeness (QED) is 0.775. The van der Waals surface area contributed by atoms with Crippen molar-refractivity contribution in [2.75, 3.05) is 40.5 Å². The molecule has 6 heteroatoms. The van der Waals surface area contributed by atoms with Gasteiger partial charge in [-0.25, -0.2) is 9.18 Å². The average molecular weight is 438 g/mol. The van der Waals surface area contributed by atoms with Gasteiger partial charge in [0, 0.05) is 32.2 Å². The molecule has 1 fully saturated rings. The van der Waals surface area contributed by atoms with Crippen molar-refractivity contribution in [2.45, 2.75) is 30.5 Å². The third kappa shape index (κ3) is 4.05. The number of carbonyl (C=O) groups excluding carboxylic acids is 1. The second-order valence-corrected chi connectivity index (χ2v) is 8.93. The summed E-state index contributed by atoms with van der Waals surface area (Å²) in [4.78, 5) is 19.4. The normalized spacial score (nSPS) is 26.1. The molecular weight excluding hydrogens is 405 g/mol. The minimum atomic E-state index is -0.942. The highest BCUT2D eigenvalue weighted by Crippen LogP contribution is 2.41. The molecule has 5 nitrogen and oxygen atoms in total. The molecule has 0 spiro atoms. The Hall–Kier alpha value is -2.70. The van der Waals surface area contributed by atoms with Gasteiger partial charge in [-0.15, -0.1) is 0 Å². The third-order valence-corrected chi connectivity index (χ3v) is 7.12. The summed E-state index contributed by atoms with van der Waals surface area (Å²) in [5.74, 6) is 0. The highest BCUT2D eigenvalue weighted by atomic mass is 19.1. The summed E-state index contributed by atoms with van der Waals surface area (Å²) in [6.07, 6.45) is 3.45. The van der Waals surface area contributed by atoms with Crippen LogP contribution in [-0.2, 0) is 5.54 Å². The van der Waals surface area contributed by atoms with Gasteiger partial charge in [0.25, 0.3) is 0 Å². The van der Waals surface area contributed by atoms with Crippen molar-refractivity contribution >= 4 is 11.6 Å². The van der Waals surface area contributed by atoms with E-state index in [9.17, 15) is 14.3 Å². The summed E-state index contributed by atoms with van der Waals surface area (Å²) in [5.41, 5.74) is 1.98. The number of amides is 2. The van der Waals surface area contributed by atoms with E-state index in [-0.39, 0.29) is 24.7 Å². The molecule has 2 amide bonds. The van der Waals surface area contributed by atoms with E-state index in [1.165, 1.54) is 0 Å². The summed E-state index contributed by atoms with van der Waals surface area (Å²) in [6.45, 7) is 0.534. The molecule has 0 saturated carbocycles.